The van der Waals surface area contributed by atoms with E-state index >= 15 is 0 Å². The molecule has 26 heavy (non-hydrogen) atoms. The van der Waals surface area contributed by atoms with E-state index < -0.39 is 0 Å². The zero-order valence-corrected chi connectivity index (χ0v) is 16.2. The quantitative estimate of drug-likeness (QED) is 0.807. The Morgan fingerprint density at radius 2 is 1.69 bits per heavy atom. The maximum Gasteiger partial charge on any atom is 0.148 e. The molecule has 0 aliphatic carbocycles. The molecule has 2 aliphatic rings. The van der Waals surface area contributed by atoms with Gasteiger partial charge in [-0.15, -0.1) is 0 Å². The maximum absolute atomic E-state index is 11.8. The molecule has 2 saturated heterocycles. The van der Waals surface area contributed by atoms with Crippen molar-refractivity contribution < 1.29 is 4.79 Å². The van der Waals surface area contributed by atoms with Gasteiger partial charge >= 0.3 is 0 Å². The lowest BCUT2D eigenvalue weighted by molar-refractivity contribution is -0.120. The van der Waals surface area contributed by atoms with E-state index in [-0.39, 0.29) is 5.78 Å². The third-order valence-corrected chi connectivity index (χ3v) is 5.80. The van der Waals surface area contributed by atoms with Crippen LogP contribution in [0.1, 0.15) is 31.7 Å². The second kappa shape index (κ2) is 9.49. The minimum Gasteiger partial charge on any atom is -0.371 e. The van der Waals surface area contributed by atoms with E-state index in [4.69, 9.17) is 5.73 Å². The highest BCUT2D eigenvalue weighted by atomic mass is 16.1. The zero-order valence-electron chi connectivity index (χ0n) is 16.2. The molecule has 0 aromatic heterocycles. The number of piperidine rings is 1. The largest absolute Gasteiger partial charge is 0.371 e. The Bertz CT molecular complexity index is 575. The molecular formula is C21H34N4O. The molecule has 0 bridgehead atoms. The van der Waals surface area contributed by atoms with E-state index in [1.54, 1.807) is 0 Å². The topological polar surface area (TPSA) is 52.8 Å². The first kappa shape index (κ1) is 19.3. The number of piperazine rings is 1. The highest BCUT2D eigenvalue weighted by Gasteiger charge is 2.22. The molecule has 0 saturated carbocycles. The fraction of sp³-hybridized carbons (Fsp3) is 0.667. The minimum absolute atomic E-state index is 0.269. The first-order chi connectivity index (χ1) is 12.7. The summed E-state index contributed by atoms with van der Waals surface area (Å²) in [5.41, 5.74) is 8.33. The minimum atomic E-state index is 0.269. The Morgan fingerprint density at radius 3 is 2.38 bits per heavy atom. The van der Waals surface area contributed by atoms with Crippen LogP contribution in [-0.2, 0) is 11.3 Å². The molecule has 0 atom stereocenters. The lowest BCUT2D eigenvalue weighted by atomic mass is 9.98. The highest BCUT2D eigenvalue weighted by molar-refractivity contribution is 5.80. The molecule has 2 aliphatic heterocycles. The summed E-state index contributed by atoms with van der Waals surface area (Å²) < 4.78 is 0. The lowest BCUT2D eigenvalue weighted by Crippen LogP contribution is -2.47. The number of para-hydroxylation sites is 1. The smallest absolute Gasteiger partial charge is 0.148 e. The monoisotopic (exact) mass is 358 g/mol. The summed E-state index contributed by atoms with van der Waals surface area (Å²) in [7, 11) is 0. The molecule has 3 rings (SSSR count). The van der Waals surface area contributed by atoms with E-state index in [9.17, 15) is 4.79 Å². The normalized spacial score (nSPS) is 20.5. The third kappa shape index (κ3) is 5.29. The van der Waals surface area contributed by atoms with Gasteiger partial charge in [-0.1, -0.05) is 25.1 Å². The van der Waals surface area contributed by atoms with Crippen LogP contribution in [0.5, 0.6) is 0 Å². The summed E-state index contributed by atoms with van der Waals surface area (Å²) in [6.07, 6.45) is 3.09. The summed E-state index contributed by atoms with van der Waals surface area (Å²) >= 11 is 0. The number of hydrogen-bond donors (Lipinski definition) is 1. The lowest BCUT2D eigenvalue weighted by Gasteiger charge is -2.37. The standard InChI is InChI=1S/C21H34N4O/c1-18-7-10-25(11-8-18)21-5-3-2-4-19(21)16-23-12-14-24(15-13-23)17-20(26)6-9-22/h2-5,18H,6-17,22H2,1H3. The van der Waals surface area contributed by atoms with Crippen molar-refractivity contribution in [2.75, 3.05) is 57.3 Å². The zero-order chi connectivity index (χ0) is 18.4. The molecule has 144 valence electrons. The Morgan fingerprint density at radius 1 is 1.04 bits per heavy atom. The average molecular weight is 359 g/mol. The molecular weight excluding hydrogens is 324 g/mol. The van der Waals surface area contributed by atoms with E-state index in [1.165, 1.54) is 37.2 Å². The molecule has 2 fully saturated rings. The van der Waals surface area contributed by atoms with E-state index in [0.717, 1.165) is 38.6 Å². The van der Waals surface area contributed by atoms with Crippen LogP contribution in [0.25, 0.3) is 0 Å². The molecule has 0 radical (unpaired) electrons. The van der Waals surface area contributed by atoms with Crippen LogP contribution in [0.2, 0.25) is 0 Å². The number of benzene rings is 1. The van der Waals surface area contributed by atoms with E-state index in [1.807, 2.05) is 0 Å². The summed E-state index contributed by atoms with van der Waals surface area (Å²) in [5, 5.41) is 0. The Hall–Kier alpha value is -1.43. The number of hydrogen-bond acceptors (Lipinski definition) is 5. The van der Waals surface area contributed by atoms with Crippen molar-refractivity contribution in [1.82, 2.24) is 9.80 Å². The predicted octanol–water partition coefficient (Wildman–Crippen LogP) is 1.96. The van der Waals surface area contributed by atoms with Crippen molar-refractivity contribution >= 4 is 11.5 Å². The van der Waals surface area contributed by atoms with Crippen LogP contribution in [0.4, 0.5) is 5.69 Å². The molecule has 0 amide bonds. The molecule has 5 heteroatoms. The van der Waals surface area contributed by atoms with Crippen LogP contribution in [-0.4, -0.2) is 67.9 Å². The van der Waals surface area contributed by atoms with Crippen molar-refractivity contribution in [2.24, 2.45) is 11.7 Å². The van der Waals surface area contributed by atoms with Gasteiger partial charge in [0.25, 0.3) is 0 Å². The number of anilines is 1. The fourth-order valence-corrected chi connectivity index (χ4v) is 4.04. The molecule has 0 unspecified atom stereocenters. The molecule has 2 N–H and O–H groups in total. The number of ketones is 1. The average Bonchev–Trinajstić information content (AvgIpc) is 2.65. The Labute approximate surface area is 158 Å². The summed E-state index contributed by atoms with van der Waals surface area (Å²) in [4.78, 5) is 19.1. The first-order valence-corrected chi connectivity index (χ1v) is 10.1. The first-order valence-electron chi connectivity index (χ1n) is 10.1. The van der Waals surface area contributed by atoms with Crippen molar-refractivity contribution in [2.45, 2.75) is 32.7 Å². The summed E-state index contributed by atoms with van der Waals surface area (Å²) in [6.45, 7) is 10.7. The van der Waals surface area contributed by atoms with Gasteiger partial charge in [0.2, 0.25) is 0 Å². The van der Waals surface area contributed by atoms with Gasteiger partial charge in [-0.2, -0.15) is 0 Å². The molecule has 2 heterocycles. The number of carbonyl (C=O) groups is 1. The number of rotatable bonds is 7. The van der Waals surface area contributed by atoms with Crippen LogP contribution in [0.3, 0.4) is 0 Å². The van der Waals surface area contributed by atoms with E-state index in [0.29, 0.717) is 19.5 Å². The van der Waals surface area contributed by atoms with Gasteiger partial charge in [0, 0.05) is 57.9 Å². The predicted molar refractivity (Wildman–Crippen MR) is 107 cm³/mol. The highest BCUT2D eigenvalue weighted by Crippen LogP contribution is 2.27. The van der Waals surface area contributed by atoms with Gasteiger partial charge in [-0.25, -0.2) is 0 Å². The molecule has 5 nitrogen and oxygen atoms in total. The summed E-state index contributed by atoms with van der Waals surface area (Å²) in [5.74, 6) is 1.12. The maximum atomic E-state index is 11.8. The summed E-state index contributed by atoms with van der Waals surface area (Å²) in [6, 6.07) is 8.89. The van der Waals surface area contributed by atoms with Gasteiger partial charge in [0.15, 0.2) is 0 Å². The number of nitrogens with two attached hydrogens (primary N) is 1. The third-order valence-electron chi connectivity index (χ3n) is 5.80. The van der Waals surface area contributed by atoms with Crippen LogP contribution < -0.4 is 10.6 Å². The second-order valence-electron chi connectivity index (χ2n) is 7.93. The molecule has 0 spiro atoms. The Kier molecular flexibility index (Phi) is 7.06. The molecule has 1 aromatic carbocycles. The Balaban J connectivity index is 1.53. The number of carbonyl (C=O) groups excluding carboxylic acids is 1. The van der Waals surface area contributed by atoms with Gasteiger partial charge in [0.05, 0.1) is 6.54 Å². The fourth-order valence-electron chi connectivity index (χ4n) is 4.04. The number of Topliss-reactive ketones (excluding diaryl/α,β-unsaturated/α-hetero) is 1. The second-order valence-corrected chi connectivity index (χ2v) is 7.93. The van der Waals surface area contributed by atoms with Gasteiger partial charge < -0.3 is 10.6 Å². The van der Waals surface area contributed by atoms with Gasteiger partial charge in [-0.3, -0.25) is 14.6 Å². The van der Waals surface area contributed by atoms with Crippen LogP contribution >= 0.6 is 0 Å². The SMILES string of the molecule is CC1CCN(c2ccccc2CN2CCN(CC(=O)CCN)CC2)CC1. The molecule has 1 aromatic rings. The van der Waals surface area contributed by atoms with Gasteiger partial charge in [0.1, 0.15) is 5.78 Å². The van der Waals surface area contributed by atoms with Crippen LogP contribution in [0, 0.1) is 5.92 Å². The van der Waals surface area contributed by atoms with Crippen LogP contribution in [0.15, 0.2) is 24.3 Å². The van der Waals surface area contributed by atoms with Crippen molar-refractivity contribution in [3.8, 4) is 0 Å². The van der Waals surface area contributed by atoms with Gasteiger partial charge in [-0.05, 0) is 36.9 Å². The number of nitrogens with zero attached hydrogens (tertiary/aromatic N) is 3. The van der Waals surface area contributed by atoms with Crippen molar-refractivity contribution in [1.29, 1.82) is 0 Å². The van der Waals surface area contributed by atoms with Crippen molar-refractivity contribution in [3.05, 3.63) is 29.8 Å². The van der Waals surface area contributed by atoms with Crippen molar-refractivity contribution in [3.63, 3.8) is 0 Å². The van der Waals surface area contributed by atoms with E-state index in [2.05, 4.69) is 45.9 Å².